The van der Waals surface area contributed by atoms with Gasteiger partial charge in [0.05, 0.1) is 6.34 Å². The van der Waals surface area contributed by atoms with Gasteiger partial charge in [-0.25, -0.2) is 0 Å². The number of hydrogen-bond acceptors (Lipinski definition) is 3. The van der Waals surface area contributed by atoms with Gasteiger partial charge in [0.25, 0.3) is 0 Å². The molecule has 2 aliphatic rings. The Morgan fingerprint density at radius 1 is 1.10 bits per heavy atom. The SMILES string of the molecule is CN1CCCC1.N=CN1CCC(C=O)(C(F)(F)F)CC1. The molecule has 2 rings (SSSR count). The number of piperidine rings is 1. The first-order chi connectivity index (χ1) is 9.34. The van der Waals surface area contributed by atoms with E-state index in [1.807, 2.05) is 0 Å². The number of rotatable bonds is 2. The topological polar surface area (TPSA) is 47.4 Å². The number of carbonyl (C=O) groups is 1. The van der Waals surface area contributed by atoms with E-state index in [0.29, 0.717) is 0 Å². The quantitative estimate of drug-likeness (QED) is 0.482. The normalized spacial score (nSPS) is 22.9. The monoisotopic (exact) mass is 293 g/mol. The molecule has 116 valence electrons. The van der Waals surface area contributed by atoms with Crippen LogP contribution in [0, 0.1) is 10.8 Å². The number of nitrogens with zero attached hydrogens (tertiary/aromatic N) is 2. The molecule has 7 heteroatoms. The molecule has 2 saturated heterocycles. The fraction of sp³-hybridized carbons (Fsp3) is 0.846. The minimum Gasteiger partial charge on any atom is -0.363 e. The zero-order chi connectivity index (χ0) is 15.2. The van der Waals surface area contributed by atoms with Crippen LogP contribution in [-0.2, 0) is 4.79 Å². The Morgan fingerprint density at radius 3 is 1.85 bits per heavy atom. The first-order valence-electron chi connectivity index (χ1n) is 6.81. The first kappa shape index (κ1) is 16.9. The molecule has 20 heavy (non-hydrogen) atoms. The largest absolute Gasteiger partial charge is 0.401 e. The van der Waals surface area contributed by atoms with Gasteiger partial charge in [-0.2, -0.15) is 13.2 Å². The Balaban J connectivity index is 0.000000276. The Hall–Kier alpha value is -1.11. The molecule has 0 unspecified atom stereocenters. The van der Waals surface area contributed by atoms with Gasteiger partial charge in [0, 0.05) is 13.1 Å². The van der Waals surface area contributed by atoms with Crippen molar-refractivity contribution in [3.05, 3.63) is 0 Å². The summed E-state index contributed by atoms with van der Waals surface area (Å²) >= 11 is 0. The lowest BCUT2D eigenvalue weighted by molar-refractivity contribution is -0.223. The minimum atomic E-state index is -4.47. The molecule has 0 atom stereocenters. The lowest BCUT2D eigenvalue weighted by atomic mass is 9.79. The summed E-state index contributed by atoms with van der Waals surface area (Å²) in [6, 6.07) is 0. The molecule has 1 N–H and O–H groups in total. The van der Waals surface area contributed by atoms with Crippen LogP contribution in [0.4, 0.5) is 13.2 Å². The van der Waals surface area contributed by atoms with Gasteiger partial charge in [0.1, 0.15) is 11.7 Å². The van der Waals surface area contributed by atoms with E-state index in [1.54, 1.807) is 0 Å². The first-order valence-corrected chi connectivity index (χ1v) is 6.81. The smallest absolute Gasteiger partial charge is 0.363 e. The molecule has 0 bridgehead atoms. The molecule has 0 amide bonds. The van der Waals surface area contributed by atoms with Crippen molar-refractivity contribution in [3.63, 3.8) is 0 Å². The van der Waals surface area contributed by atoms with E-state index in [1.165, 1.54) is 30.8 Å². The molecule has 0 spiro atoms. The molecule has 0 radical (unpaired) electrons. The second-order valence-corrected chi connectivity index (χ2v) is 5.45. The number of carbonyl (C=O) groups excluding carboxylic acids is 1. The van der Waals surface area contributed by atoms with E-state index in [9.17, 15) is 18.0 Å². The highest BCUT2D eigenvalue weighted by Crippen LogP contribution is 2.44. The number of hydrogen-bond donors (Lipinski definition) is 1. The summed E-state index contributed by atoms with van der Waals surface area (Å²) in [5, 5.41) is 6.87. The summed E-state index contributed by atoms with van der Waals surface area (Å²) in [5.41, 5.74) is -2.19. The highest BCUT2D eigenvalue weighted by Gasteiger charge is 2.55. The van der Waals surface area contributed by atoms with Crippen molar-refractivity contribution in [2.45, 2.75) is 31.9 Å². The van der Waals surface area contributed by atoms with Gasteiger partial charge in [-0.3, -0.25) is 5.41 Å². The predicted molar refractivity (Wildman–Crippen MR) is 70.9 cm³/mol. The minimum absolute atomic E-state index is 0.00822. The third kappa shape index (κ3) is 4.19. The van der Waals surface area contributed by atoms with Crippen LogP contribution in [0.2, 0.25) is 0 Å². The molecular formula is C13H22F3N3O. The van der Waals surface area contributed by atoms with Crippen LogP contribution >= 0.6 is 0 Å². The molecule has 0 aromatic heterocycles. The number of aldehydes is 1. The van der Waals surface area contributed by atoms with Crippen LogP contribution in [0.25, 0.3) is 0 Å². The zero-order valence-electron chi connectivity index (χ0n) is 11.7. The summed E-state index contributed by atoms with van der Waals surface area (Å²) in [5.74, 6) is 0. The van der Waals surface area contributed by atoms with Crippen molar-refractivity contribution < 1.29 is 18.0 Å². The number of nitrogens with one attached hydrogen (secondary N) is 1. The Kier molecular flexibility index (Phi) is 5.98. The van der Waals surface area contributed by atoms with E-state index in [0.717, 1.165) is 6.34 Å². The van der Waals surface area contributed by atoms with Crippen LogP contribution in [0.5, 0.6) is 0 Å². The van der Waals surface area contributed by atoms with Gasteiger partial charge in [0.2, 0.25) is 0 Å². The number of halogens is 3. The zero-order valence-corrected chi connectivity index (χ0v) is 11.7. The maximum atomic E-state index is 12.5. The van der Waals surface area contributed by atoms with Gasteiger partial charge >= 0.3 is 6.18 Å². The van der Waals surface area contributed by atoms with Crippen LogP contribution in [0.15, 0.2) is 0 Å². The van der Waals surface area contributed by atoms with Crippen molar-refractivity contribution in [2.24, 2.45) is 5.41 Å². The molecule has 2 fully saturated rings. The maximum absolute atomic E-state index is 12.5. The van der Waals surface area contributed by atoms with Crippen LogP contribution in [-0.4, -0.2) is 61.8 Å². The highest BCUT2D eigenvalue weighted by molar-refractivity contribution is 5.62. The average molecular weight is 293 g/mol. The van der Waals surface area contributed by atoms with E-state index in [4.69, 9.17) is 5.41 Å². The van der Waals surface area contributed by atoms with E-state index >= 15 is 0 Å². The molecule has 0 aromatic rings. The molecular weight excluding hydrogens is 271 g/mol. The van der Waals surface area contributed by atoms with Gasteiger partial charge in [0.15, 0.2) is 0 Å². The van der Waals surface area contributed by atoms with Crippen molar-refractivity contribution >= 4 is 12.6 Å². The van der Waals surface area contributed by atoms with Gasteiger partial charge in [-0.1, -0.05) is 0 Å². The Morgan fingerprint density at radius 2 is 1.60 bits per heavy atom. The van der Waals surface area contributed by atoms with Crippen molar-refractivity contribution in [1.82, 2.24) is 9.80 Å². The molecule has 2 heterocycles. The molecule has 0 aliphatic carbocycles. The number of likely N-dealkylation sites (tertiary alicyclic amines) is 2. The predicted octanol–water partition coefficient (Wildman–Crippen LogP) is 2.15. The van der Waals surface area contributed by atoms with Crippen LogP contribution in [0.1, 0.15) is 25.7 Å². The Labute approximate surface area is 117 Å². The standard InChI is InChI=1S/C8H11F3N2O.C5H11N/c9-8(10,11)7(5-14)1-3-13(6-12)4-2-7;1-6-4-2-3-5-6/h5-6,12H,1-4H2;2-5H2,1H3. The lowest BCUT2D eigenvalue weighted by Crippen LogP contribution is -2.48. The average Bonchev–Trinajstić information content (AvgIpc) is 2.89. The second-order valence-electron chi connectivity index (χ2n) is 5.45. The van der Waals surface area contributed by atoms with Gasteiger partial charge in [-0.05, 0) is 45.8 Å². The molecule has 0 saturated carbocycles. The summed E-state index contributed by atoms with van der Waals surface area (Å²) in [4.78, 5) is 14.4. The maximum Gasteiger partial charge on any atom is 0.401 e. The van der Waals surface area contributed by atoms with E-state index in [-0.39, 0.29) is 32.2 Å². The third-order valence-corrected chi connectivity index (χ3v) is 3.99. The molecule has 4 nitrogen and oxygen atoms in total. The number of alkyl halides is 3. The summed E-state index contributed by atoms with van der Waals surface area (Å²) in [6.07, 6.45) is -1.14. The van der Waals surface area contributed by atoms with Crippen molar-refractivity contribution in [2.75, 3.05) is 33.2 Å². The van der Waals surface area contributed by atoms with Crippen molar-refractivity contribution in [1.29, 1.82) is 5.41 Å². The van der Waals surface area contributed by atoms with E-state index in [2.05, 4.69) is 11.9 Å². The van der Waals surface area contributed by atoms with E-state index < -0.39 is 11.6 Å². The fourth-order valence-electron chi connectivity index (χ4n) is 2.40. The van der Waals surface area contributed by atoms with Crippen LogP contribution in [0.3, 0.4) is 0 Å². The molecule has 2 aliphatic heterocycles. The summed E-state index contributed by atoms with van der Waals surface area (Å²) in [7, 11) is 2.17. The van der Waals surface area contributed by atoms with Gasteiger partial charge in [-0.15, -0.1) is 0 Å². The fourth-order valence-corrected chi connectivity index (χ4v) is 2.40. The lowest BCUT2D eigenvalue weighted by Gasteiger charge is -2.38. The van der Waals surface area contributed by atoms with Gasteiger partial charge < -0.3 is 14.6 Å². The van der Waals surface area contributed by atoms with Crippen LogP contribution < -0.4 is 0 Å². The second kappa shape index (κ2) is 7.06. The summed E-state index contributed by atoms with van der Waals surface area (Å²) < 4.78 is 37.6. The third-order valence-electron chi connectivity index (χ3n) is 3.99. The highest BCUT2D eigenvalue weighted by atomic mass is 19.4. The van der Waals surface area contributed by atoms with Crippen molar-refractivity contribution in [3.8, 4) is 0 Å². The molecule has 0 aromatic carbocycles. The summed E-state index contributed by atoms with van der Waals surface area (Å²) in [6.45, 7) is 2.86. The Bertz CT molecular complexity index is 319.